The highest BCUT2D eigenvalue weighted by molar-refractivity contribution is 5.60. The van der Waals surface area contributed by atoms with Crippen LogP contribution in [0.3, 0.4) is 0 Å². The van der Waals surface area contributed by atoms with Crippen LogP contribution in [-0.4, -0.2) is 22.8 Å². The van der Waals surface area contributed by atoms with Gasteiger partial charge in [0.05, 0.1) is 11.8 Å². The Morgan fingerprint density at radius 1 is 1.29 bits per heavy atom. The van der Waals surface area contributed by atoms with Gasteiger partial charge in [0.25, 0.3) is 5.56 Å². The van der Waals surface area contributed by atoms with Gasteiger partial charge < -0.3 is 14.8 Å². The van der Waals surface area contributed by atoms with Crippen LogP contribution in [-0.2, 0) is 4.79 Å². The fourth-order valence-corrected chi connectivity index (χ4v) is 2.70. The van der Waals surface area contributed by atoms with E-state index < -0.39 is 5.72 Å². The monoisotopic (exact) mass is 326 g/mol. The summed E-state index contributed by atoms with van der Waals surface area (Å²) >= 11 is 0. The first-order valence-corrected chi connectivity index (χ1v) is 7.67. The van der Waals surface area contributed by atoms with Crippen LogP contribution in [0.2, 0.25) is 0 Å². The van der Waals surface area contributed by atoms with E-state index in [0.29, 0.717) is 29.1 Å². The van der Waals surface area contributed by atoms with Crippen LogP contribution < -0.4 is 30.8 Å². The lowest BCUT2D eigenvalue weighted by molar-refractivity contribution is 0.0794. The van der Waals surface area contributed by atoms with Crippen LogP contribution in [0.15, 0.2) is 41.3 Å². The standard InChI is InChI=1S/C18H18N2O4/c1-4-23-13-8-9-14-16(12(13)11-21)17(19-18(2,3)24-14)20-10-6-5-7-15(20)22/h5-10,19H,4H2,1-3H3. The van der Waals surface area contributed by atoms with Gasteiger partial charge in [-0.15, -0.1) is 0 Å². The Hall–Kier alpha value is -2.98. The quantitative estimate of drug-likeness (QED) is 0.865. The highest BCUT2D eigenvalue weighted by Gasteiger charge is 2.29. The van der Waals surface area contributed by atoms with Crippen LogP contribution in [0, 0.1) is 0 Å². The van der Waals surface area contributed by atoms with Crippen molar-refractivity contribution in [1.82, 2.24) is 9.88 Å². The molecule has 6 heteroatoms. The first kappa shape index (κ1) is 15.9. The molecule has 3 rings (SSSR count). The summed E-state index contributed by atoms with van der Waals surface area (Å²) in [6.45, 7) is 5.92. The second-order valence-electron chi connectivity index (χ2n) is 5.84. The van der Waals surface area contributed by atoms with Gasteiger partial charge in [0.2, 0.25) is 0 Å². The Morgan fingerprint density at radius 3 is 2.75 bits per heavy atom. The van der Waals surface area contributed by atoms with Crippen LogP contribution >= 0.6 is 0 Å². The third-order valence-corrected chi connectivity index (χ3v) is 3.62. The maximum Gasteiger partial charge on any atom is 0.256 e. The maximum absolute atomic E-state index is 12.3. The molecule has 0 radical (unpaired) electrons. The van der Waals surface area contributed by atoms with Crippen LogP contribution in [0.25, 0.3) is 5.82 Å². The molecular formula is C18H18N2O4. The lowest BCUT2D eigenvalue weighted by Crippen LogP contribution is -2.55. The Morgan fingerprint density at radius 2 is 2.08 bits per heavy atom. The molecule has 6 nitrogen and oxygen atoms in total. The molecule has 2 heterocycles. The summed E-state index contributed by atoms with van der Waals surface area (Å²) in [6, 6.07) is 8.27. The molecule has 0 unspecified atom stereocenters. The van der Waals surface area contributed by atoms with Crippen LogP contribution in [0.4, 0.5) is 0 Å². The summed E-state index contributed by atoms with van der Waals surface area (Å²) in [5.74, 6) is 3.28. The topological polar surface area (TPSA) is 69.6 Å². The molecule has 1 aliphatic heterocycles. The summed E-state index contributed by atoms with van der Waals surface area (Å²) < 4.78 is 12.9. The third-order valence-electron chi connectivity index (χ3n) is 3.62. The molecule has 24 heavy (non-hydrogen) atoms. The lowest BCUT2D eigenvalue weighted by Gasteiger charge is -2.34. The van der Waals surface area contributed by atoms with E-state index in [1.54, 1.807) is 30.5 Å². The molecule has 0 bridgehead atoms. The van der Waals surface area contributed by atoms with E-state index >= 15 is 0 Å². The van der Waals surface area contributed by atoms with Gasteiger partial charge in [-0.25, -0.2) is 4.79 Å². The van der Waals surface area contributed by atoms with Gasteiger partial charge in [-0.3, -0.25) is 9.36 Å². The average molecular weight is 326 g/mol. The van der Waals surface area contributed by atoms with E-state index in [1.165, 1.54) is 10.6 Å². The van der Waals surface area contributed by atoms with Gasteiger partial charge in [0, 0.05) is 12.3 Å². The first-order valence-electron chi connectivity index (χ1n) is 7.67. The molecule has 1 aliphatic rings. The van der Waals surface area contributed by atoms with Crippen molar-refractivity contribution < 1.29 is 14.3 Å². The Balaban J connectivity index is 2.48. The van der Waals surface area contributed by atoms with Crippen LogP contribution in [0.1, 0.15) is 20.8 Å². The molecule has 1 N–H and O–H groups in total. The van der Waals surface area contributed by atoms with Crippen molar-refractivity contribution in [3.8, 4) is 11.5 Å². The molecular weight excluding hydrogens is 308 g/mol. The number of carbonyl (C=O) groups excluding carboxylic acids is 1. The van der Waals surface area contributed by atoms with E-state index in [9.17, 15) is 9.59 Å². The smallest absolute Gasteiger partial charge is 0.256 e. The normalized spacial score (nSPS) is 14.9. The Kier molecular flexibility index (Phi) is 3.91. The highest BCUT2D eigenvalue weighted by Crippen LogP contribution is 2.19. The number of benzene rings is 1. The number of fused-ring (bicyclic) bond motifs is 1. The van der Waals surface area contributed by atoms with Crippen molar-refractivity contribution in [2.24, 2.45) is 0 Å². The van der Waals surface area contributed by atoms with Gasteiger partial charge in [0.15, 0.2) is 5.72 Å². The van der Waals surface area contributed by atoms with Gasteiger partial charge in [-0.1, -0.05) is 6.07 Å². The molecule has 0 fully saturated rings. The van der Waals surface area contributed by atoms with Crippen molar-refractivity contribution in [3.63, 3.8) is 0 Å². The molecule has 0 saturated heterocycles. The number of hydrogen-bond donors (Lipinski definition) is 1. The zero-order chi connectivity index (χ0) is 17.3. The van der Waals surface area contributed by atoms with E-state index in [4.69, 9.17) is 9.47 Å². The lowest BCUT2D eigenvalue weighted by atomic mass is 10.1. The molecule has 2 aromatic rings. The van der Waals surface area contributed by atoms with Crippen molar-refractivity contribution in [2.75, 3.05) is 6.61 Å². The minimum absolute atomic E-state index is 0.220. The number of nitrogens with zero attached hydrogens (tertiary/aromatic N) is 1. The summed E-state index contributed by atoms with van der Waals surface area (Å²) in [5.41, 5.74) is -0.965. The van der Waals surface area contributed by atoms with Gasteiger partial charge >= 0.3 is 0 Å². The minimum Gasteiger partial charge on any atom is -0.492 e. The van der Waals surface area contributed by atoms with Crippen molar-refractivity contribution in [1.29, 1.82) is 0 Å². The minimum atomic E-state index is -0.745. The molecule has 124 valence electrons. The summed E-state index contributed by atoms with van der Waals surface area (Å²) in [6.07, 6.45) is 1.64. The number of pyridine rings is 1. The van der Waals surface area contributed by atoms with E-state index in [0.717, 1.165) is 0 Å². The maximum atomic E-state index is 12.3. The highest BCUT2D eigenvalue weighted by atomic mass is 16.5. The number of hydrogen-bond acceptors (Lipinski definition) is 5. The third kappa shape index (κ3) is 2.68. The predicted octanol–water partition coefficient (Wildman–Crippen LogP) is 0.0823. The second kappa shape index (κ2) is 5.91. The van der Waals surface area contributed by atoms with Crippen LogP contribution in [0.5, 0.6) is 11.5 Å². The second-order valence-corrected chi connectivity index (χ2v) is 5.84. The van der Waals surface area contributed by atoms with Crippen molar-refractivity contribution >= 4 is 11.8 Å². The fraction of sp³-hybridized carbons (Fsp3) is 0.278. The largest absolute Gasteiger partial charge is 0.492 e. The number of ether oxygens (including phenoxy) is 2. The molecule has 0 saturated carbocycles. The average Bonchev–Trinajstić information content (AvgIpc) is 2.54. The zero-order valence-electron chi connectivity index (χ0n) is 13.8. The molecule has 1 aromatic heterocycles. The van der Waals surface area contributed by atoms with Gasteiger partial charge in [-0.05, 0) is 39.0 Å². The summed E-state index contributed by atoms with van der Waals surface area (Å²) in [4.78, 5) is 23.9. The Bertz CT molecular complexity index is 985. The number of rotatable bonds is 3. The summed E-state index contributed by atoms with van der Waals surface area (Å²) in [5, 5.41) is 3.86. The molecule has 0 amide bonds. The predicted molar refractivity (Wildman–Crippen MR) is 89.0 cm³/mol. The van der Waals surface area contributed by atoms with E-state index in [-0.39, 0.29) is 10.8 Å². The van der Waals surface area contributed by atoms with Gasteiger partial charge in [0.1, 0.15) is 28.5 Å². The fourth-order valence-electron chi connectivity index (χ4n) is 2.70. The zero-order valence-corrected chi connectivity index (χ0v) is 13.8. The molecule has 0 atom stereocenters. The van der Waals surface area contributed by atoms with E-state index in [2.05, 4.69) is 5.32 Å². The molecule has 1 aromatic carbocycles. The van der Waals surface area contributed by atoms with Crippen molar-refractivity contribution in [2.45, 2.75) is 26.5 Å². The molecule has 0 aliphatic carbocycles. The number of nitrogens with one attached hydrogen (secondary N) is 1. The molecule has 0 spiro atoms. The SMILES string of the molecule is CCOc1ccc2c(c1=C=O)=C(n1ccccc1=O)NC(C)(C)O2. The Labute approximate surface area is 138 Å². The van der Waals surface area contributed by atoms with Crippen molar-refractivity contribution in [3.05, 3.63) is 57.3 Å². The van der Waals surface area contributed by atoms with Gasteiger partial charge in [-0.2, -0.15) is 0 Å². The van der Waals surface area contributed by atoms with E-state index in [1.807, 2.05) is 26.7 Å². The number of aromatic nitrogens is 1. The first-order chi connectivity index (χ1) is 11.5. The summed E-state index contributed by atoms with van der Waals surface area (Å²) in [7, 11) is 0.